The Kier molecular flexibility index (Phi) is 4.04. The molecule has 0 amide bonds. The first kappa shape index (κ1) is 13.8. The third-order valence-corrected chi connectivity index (χ3v) is 2.64. The number of hydrogen-bond acceptors (Lipinski definition) is 2. The monoisotopic (exact) mass is 255 g/mol. The van der Waals surface area contributed by atoms with Crippen molar-refractivity contribution in [3.63, 3.8) is 0 Å². The summed E-state index contributed by atoms with van der Waals surface area (Å²) in [6.45, 7) is 7.07. The lowest BCUT2D eigenvalue weighted by atomic mass is 9.95. The number of carboxylic acids is 1. The molecular weight excluding hydrogens is 238 g/mol. The van der Waals surface area contributed by atoms with E-state index in [-0.39, 0.29) is 16.0 Å². The van der Waals surface area contributed by atoms with Crippen molar-refractivity contribution in [2.45, 2.75) is 20.8 Å². The van der Waals surface area contributed by atoms with Gasteiger partial charge in [-0.15, -0.1) is 0 Å². The van der Waals surface area contributed by atoms with Crippen LogP contribution in [0.5, 0.6) is 0 Å². The maximum atomic E-state index is 11.2. The second kappa shape index (κ2) is 4.96. The maximum Gasteiger partial charge on any atom is 0.339 e. The van der Waals surface area contributed by atoms with Crippen LogP contribution in [0.25, 0.3) is 0 Å². The van der Waals surface area contributed by atoms with E-state index in [4.69, 9.17) is 11.6 Å². The van der Waals surface area contributed by atoms with Gasteiger partial charge in [0.15, 0.2) is 0 Å². The van der Waals surface area contributed by atoms with Crippen molar-refractivity contribution < 1.29 is 9.90 Å². The molecule has 0 aromatic heterocycles. The van der Waals surface area contributed by atoms with E-state index in [1.54, 1.807) is 18.2 Å². The van der Waals surface area contributed by atoms with Gasteiger partial charge in [-0.25, -0.2) is 4.79 Å². The van der Waals surface area contributed by atoms with Gasteiger partial charge in [0.05, 0.1) is 10.7 Å². The third kappa shape index (κ3) is 3.63. The molecule has 1 aromatic rings. The van der Waals surface area contributed by atoms with Gasteiger partial charge in [-0.3, -0.25) is 0 Å². The number of anilines is 1. The Morgan fingerprint density at radius 3 is 2.47 bits per heavy atom. The van der Waals surface area contributed by atoms with Crippen molar-refractivity contribution >= 4 is 23.3 Å². The Morgan fingerprint density at radius 1 is 1.41 bits per heavy atom. The summed E-state index contributed by atoms with van der Waals surface area (Å²) >= 11 is 5.93. The molecule has 0 aliphatic carbocycles. The number of rotatable bonds is 3. The molecule has 3 nitrogen and oxygen atoms in total. The summed E-state index contributed by atoms with van der Waals surface area (Å²) in [6, 6.07) is 5.14. The van der Waals surface area contributed by atoms with Crippen LogP contribution in [0.3, 0.4) is 0 Å². The van der Waals surface area contributed by atoms with E-state index in [1.165, 1.54) is 0 Å². The Morgan fingerprint density at radius 2 is 2.00 bits per heavy atom. The molecule has 1 aromatic carbocycles. The van der Waals surface area contributed by atoms with E-state index in [0.29, 0.717) is 5.69 Å². The molecule has 0 spiro atoms. The average Bonchev–Trinajstić information content (AvgIpc) is 2.13. The summed E-state index contributed by atoms with van der Waals surface area (Å²) in [4.78, 5) is 13.1. The molecule has 0 unspecified atom stereocenters. The van der Waals surface area contributed by atoms with Crippen molar-refractivity contribution in [2.75, 3.05) is 18.5 Å². The molecular formula is C13H18ClNO2. The van der Waals surface area contributed by atoms with Gasteiger partial charge in [0.2, 0.25) is 0 Å². The number of hydrogen-bond donors (Lipinski definition) is 1. The lowest BCUT2D eigenvalue weighted by Crippen LogP contribution is -2.30. The Hall–Kier alpha value is -1.22. The lowest BCUT2D eigenvalue weighted by Gasteiger charge is -2.29. The van der Waals surface area contributed by atoms with Gasteiger partial charge in [0.1, 0.15) is 5.56 Å². The highest BCUT2D eigenvalue weighted by Crippen LogP contribution is 2.28. The quantitative estimate of drug-likeness (QED) is 0.898. The van der Waals surface area contributed by atoms with Gasteiger partial charge in [-0.1, -0.05) is 38.4 Å². The molecule has 94 valence electrons. The third-order valence-electron chi connectivity index (χ3n) is 2.33. The molecule has 0 radical (unpaired) electrons. The fraction of sp³-hybridized carbons (Fsp3) is 0.462. The van der Waals surface area contributed by atoms with Crippen LogP contribution < -0.4 is 4.90 Å². The van der Waals surface area contributed by atoms with Gasteiger partial charge in [0, 0.05) is 13.6 Å². The van der Waals surface area contributed by atoms with Crippen molar-refractivity contribution in [1.29, 1.82) is 0 Å². The minimum absolute atomic E-state index is 0.0901. The number of aromatic carboxylic acids is 1. The standard InChI is InChI=1S/C13H18ClNO2/c1-13(2,3)8-15(4)10-7-5-6-9(14)11(10)12(16)17/h5-7H,8H2,1-4H3,(H,16,17). The van der Waals surface area contributed by atoms with Gasteiger partial charge in [0.25, 0.3) is 0 Å². The number of carboxylic acid groups (broad SMARTS) is 1. The van der Waals surface area contributed by atoms with E-state index in [1.807, 2.05) is 11.9 Å². The minimum atomic E-state index is -0.994. The van der Waals surface area contributed by atoms with Crippen LogP contribution in [0.15, 0.2) is 18.2 Å². The number of benzene rings is 1. The summed E-state index contributed by atoms with van der Waals surface area (Å²) < 4.78 is 0. The van der Waals surface area contributed by atoms with E-state index < -0.39 is 5.97 Å². The zero-order valence-electron chi connectivity index (χ0n) is 10.6. The van der Waals surface area contributed by atoms with Crippen LogP contribution in [-0.4, -0.2) is 24.7 Å². The van der Waals surface area contributed by atoms with Gasteiger partial charge < -0.3 is 10.0 Å². The van der Waals surface area contributed by atoms with Gasteiger partial charge in [-0.2, -0.15) is 0 Å². The normalized spacial score (nSPS) is 11.4. The largest absolute Gasteiger partial charge is 0.478 e. The molecule has 1 N–H and O–H groups in total. The molecule has 0 bridgehead atoms. The van der Waals surface area contributed by atoms with Crippen molar-refractivity contribution in [3.05, 3.63) is 28.8 Å². The highest BCUT2D eigenvalue weighted by Gasteiger charge is 2.20. The van der Waals surface area contributed by atoms with E-state index >= 15 is 0 Å². The van der Waals surface area contributed by atoms with Crippen LogP contribution in [0.1, 0.15) is 31.1 Å². The second-order valence-electron chi connectivity index (χ2n) is 5.36. The van der Waals surface area contributed by atoms with E-state index in [9.17, 15) is 9.90 Å². The first-order valence-corrected chi connectivity index (χ1v) is 5.83. The zero-order chi connectivity index (χ0) is 13.2. The Balaban J connectivity index is 3.13. The number of nitrogens with zero attached hydrogens (tertiary/aromatic N) is 1. The molecule has 0 aliphatic rings. The fourth-order valence-corrected chi connectivity index (χ4v) is 2.09. The molecule has 1 rings (SSSR count). The van der Waals surface area contributed by atoms with Crippen LogP contribution in [0.4, 0.5) is 5.69 Å². The van der Waals surface area contributed by atoms with Crippen LogP contribution in [-0.2, 0) is 0 Å². The number of carbonyl (C=O) groups is 1. The fourth-order valence-electron chi connectivity index (χ4n) is 1.84. The Bertz CT molecular complexity index is 424. The maximum absolute atomic E-state index is 11.2. The highest BCUT2D eigenvalue weighted by molar-refractivity contribution is 6.34. The predicted octanol–water partition coefficient (Wildman–Crippen LogP) is 3.52. The topological polar surface area (TPSA) is 40.5 Å². The van der Waals surface area contributed by atoms with Gasteiger partial charge >= 0.3 is 5.97 Å². The van der Waals surface area contributed by atoms with Crippen molar-refractivity contribution in [3.8, 4) is 0 Å². The van der Waals surface area contributed by atoms with Gasteiger partial charge in [-0.05, 0) is 17.5 Å². The summed E-state index contributed by atoms with van der Waals surface area (Å²) in [5, 5.41) is 9.46. The van der Waals surface area contributed by atoms with Crippen molar-refractivity contribution in [1.82, 2.24) is 0 Å². The van der Waals surface area contributed by atoms with Crippen molar-refractivity contribution in [2.24, 2.45) is 5.41 Å². The molecule has 0 saturated heterocycles. The minimum Gasteiger partial charge on any atom is -0.478 e. The molecule has 0 saturated carbocycles. The summed E-state index contributed by atoms with van der Waals surface area (Å²) in [7, 11) is 1.88. The van der Waals surface area contributed by atoms with E-state index in [2.05, 4.69) is 20.8 Å². The van der Waals surface area contributed by atoms with Crippen LogP contribution in [0.2, 0.25) is 5.02 Å². The van der Waals surface area contributed by atoms with E-state index in [0.717, 1.165) is 6.54 Å². The number of halogens is 1. The summed E-state index contributed by atoms with van der Waals surface area (Å²) in [6.07, 6.45) is 0. The first-order valence-electron chi connectivity index (χ1n) is 5.45. The molecule has 0 atom stereocenters. The average molecular weight is 256 g/mol. The van der Waals surface area contributed by atoms with Crippen LogP contribution in [0, 0.1) is 5.41 Å². The smallest absolute Gasteiger partial charge is 0.339 e. The second-order valence-corrected chi connectivity index (χ2v) is 5.76. The molecule has 0 heterocycles. The molecule has 0 aliphatic heterocycles. The zero-order valence-corrected chi connectivity index (χ0v) is 11.4. The SMILES string of the molecule is CN(CC(C)(C)C)c1cccc(Cl)c1C(=O)O. The predicted molar refractivity (Wildman–Crippen MR) is 71.1 cm³/mol. The van der Waals surface area contributed by atoms with Crippen LogP contribution >= 0.6 is 11.6 Å². The summed E-state index contributed by atoms with van der Waals surface area (Å²) in [5.41, 5.74) is 0.910. The Labute approximate surface area is 107 Å². The highest BCUT2D eigenvalue weighted by atomic mass is 35.5. The molecule has 0 fully saturated rings. The lowest BCUT2D eigenvalue weighted by molar-refractivity contribution is 0.0697. The molecule has 4 heteroatoms. The first-order chi connectivity index (χ1) is 7.72. The molecule has 17 heavy (non-hydrogen) atoms. The summed E-state index contributed by atoms with van der Waals surface area (Å²) in [5.74, 6) is -0.994.